The first kappa shape index (κ1) is 23.6. The van der Waals surface area contributed by atoms with Gasteiger partial charge in [-0.05, 0) is 43.0 Å². The number of hydrogen-bond acceptors (Lipinski definition) is 5. The van der Waals surface area contributed by atoms with Crippen molar-refractivity contribution in [3.05, 3.63) is 41.2 Å². The molecule has 0 bridgehead atoms. The summed E-state index contributed by atoms with van der Waals surface area (Å²) < 4.78 is 55.3. The first-order valence-electron chi connectivity index (χ1n) is 9.04. The lowest BCUT2D eigenvalue weighted by Crippen LogP contribution is -2.56. The van der Waals surface area contributed by atoms with Gasteiger partial charge in [0.05, 0.1) is 6.33 Å². The third-order valence-corrected chi connectivity index (χ3v) is 4.76. The summed E-state index contributed by atoms with van der Waals surface area (Å²) in [5, 5.41) is 10.3. The largest absolute Gasteiger partial charge is 0.490 e. The Morgan fingerprint density at radius 3 is 2.50 bits per heavy atom. The minimum Gasteiger partial charge on any atom is -0.489 e. The number of carbonyl (C=O) groups excluding carboxylic acids is 1. The average molecular weight is 434 g/mol. The molecule has 1 aromatic carbocycles. The van der Waals surface area contributed by atoms with Crippen molar-refractivity contribution in [2.75, 3.05) is 26.4 Å². The van der Waals surface area contributed by atoms with E-state index in [4.69, 9.17) is 25.1 Å². The molecule has 0 aliphatic carbocycles. The van der Waals surface area contributed by atoms with Crippen molar-refractivity contribution in [2.45, 2.75) is 31.0 Å². The lowest BCUT2D eigenvalue weighted by atomic mass is 9.79. The molecule has 0 radical (unpaired) electrons. The molecule has 11 heteroatoms. The topological polar surface area (TPSA) is 111 Å². The minimum atomic E-state index is -5.08. The van der Waals surface area contributed by atoms with Gasteiger partial charge in [-0.2, -0.15) is 13.2 Å². The van der Waals surface area contributed by atoms with Gasteiger partial charge in [-0.1, -0.05) is 0 Å². The van der Waals surface area contributed by atoms with E-state index in [0.29, 0.717) is 36.4 Å². The van der Waals surface area contributed by atoms with Crippen LogP contribution in [0.5, 0.6) is 5.75 Å². The fourth-order valence-corrected chi connectivity index (χ4v) is 3.12. The van der Waals surface area contributed by atoms with Crippen LogP contribution < -0.4 is 15.8 Å². The van der Waals surface area contributed by atoms with Gasteiger partial charge in [-0.3, -0.25) is 4.79 Å². The highest BCUT2D eigenvalue weighted by atomic mass is 19.4. The summed E-state index contributed by atoms with van der Waals surface area (Å²) in [4.78, 5) is 21.3. The van der Waals surface area contributed by atoms with E-state index in [1.165, 1.54) is 0 Å². The van der Waals surface area contributed by atoms with Crippen molar-refractivity contribution in [2.24, 2.45) is 5.73 Å². The van der Waals surface area contributed by atoms with Crippen LogP contribution in [0, 0.1) is 0 Å². The number of rotatable bonds is 4. The average Bonchev–Trinajstić information content (AvgIpc) is 2.68. The summed E-state index contributed by atoms with van der Waals surface area (Å²) in [5.41, 5.74) is 7.23. The Labute approximate surface area is 169 Å². The summed E-state index contributed by atoms with van der Waals surface area (Å²) in [6, 6.07) is 5.36. The zero-order chi connectivity index (χ0) is 22.4. The molecule has 4 N–H and O–H groups in total. The summed E-state index contributed by atoms with van der Waals surface area (Å²) in [6.45, 7) is 1.55. The maximum Gasteiger partial charge on any atom is 0.490 e. The molecule has 30 heavy (non-hydrogen) atoms. The van der Waals surface area contributed by atoms with Crippen LogP contribution in [-0.2, 0) is 16.0 Å². The van der Waals surface area contributed by atoms with Gasteiger partial charge < -0.3 is 25.6 Å². The van der Waals surface area contributed by atoms with Crippen molar-refractivity contribution >= 4 is 11.9 Å². The SMILES string of the molecule is NC/C(=C\F)COc1ccc2c(c1)CC1(CCOCC1)NC2=O.O=C(O)C(F)(F)F. The number of amides is 1. The molecule has 1 spiro atoms. The van der Waals surface area contributed by atoms with E-state index in [1.54, 1.807) is 12.1 Å². The smallest absolute Gasteiger partial charge is 0.489 e. The Bertz CT molecular complexity index is 805. The second kappa shape index (κ2) is 9.90. The molecule has 1 amide bonds. The number of alkyl halides is 3. The van der Waals surface area contributed by atoms with E-state index in [1.807, 2.05) is 6.07 Å². The highest BCUT2D eigenvalue weighted by molar-refractivity contribution is 5.97. The molecule has 0 atom stereocenters. The molecule has 7 nitrogen and oxygen atoms in total. The number of hydrogen-bond donors (Lipinski definition) is 3. The molecule has 0 saturated carbocycles. The highest BCUT2D eigenvalue weighted by Crippen LogP contribution is 2.32. The Hall–Kier alpha value is -2.66. The lowest BCUT2D eigenvalue weighted by Gasteiger charge is -2.41. The molecule has 0 unspecified atom stereocenters. The van der Waals surface area contributed by atoms with Gasteiger partial charge in [0.1, 0.15) is 12.4 Å². The molecule has 1 fully saturated rings. The van der Waals surface area contributed by atoms with E-state index < -0.39 is 12.1 Å². The predicted octanol–water partition coefficient (Wildman–Crippen LogP) is 2.35. The van der Waals surface area contributed by atoms with Crippen LogP contribution in [0.2, 0.25) is 0 Å². The molecule has 2 aliphatic rings. The number of ether oxygens (including phenoxy) is 2. The van der Waals surface area contributed by atoms with Crippen LogP contribution in [-0.4, -0.2) is 55.1 Å². The Morgan fingerprint density at radius 2 is 1.97 bits per heavy atom. The van der Waals surface area contributed by atoms with Crippen molar-refractivity contribution in [1.29, 1.82) is 0 Å². The van der Waals surface area contributed by atoms with Crippen LogP contribution in [0.3, 0.4) is 0 Å². The van der Waals surface area contributed by atoms with Gasteiger partial charge in [0, 0.05) is 36.4 Å². The fraction of sp³-hybridized carbons (Fsp3) is 0.474. The Morgan fingerprint density at radius 1 is 1.33 bits per heavy atom. The van der Waals surface area contributed by atoms with Crippen LogP contribution in [0.15, 0.2) is 30.1 Å². The molecule has 2 aliphatic heterocycles. The molecule has 166 valence electrons. The molecular formula is C19H22F4N2O5. The van der Waals surface area contributed by atoms with Crippen molar-refractivity contribution < 1.29 is 41.7 Å². The first-order chi connectivity index (χ1) is 14.1. The second-order valence-electron chi connectivity index (χ2n) is 6.91. The summed E-state index contributed by atoms with van der Waals surface area (Å²) in [5.74, 6) is -2.19. The zero-order valence-electron chi connectivity index (χ0n) is 15.9. The molecule has 3 rings (SSSR count). The van der Waals surface area contributed by atoms with E-state index in [2.05, 4.69) is 5.32 Å². The monoisotopic (exact) mass is 434 g/mol. The number of carboxylic acids is 1. The zero-order valence-corrected chi connectivity index (χ0v) is 15.9. The van der Waals surface area contributed by atoms with Gasteiger partial charge in [0.25, 0.3) is 5.91 Å². The van der Waals surface area contributed by atoms with Crippen molar-refractivity contribution in [3.63, 3.8) is 0 Å². The number of carboxylic acid groups (broad SMARTS) is 1. The van der Waals surface area contributed by atoms with Crippen LogP contribution in [0.4, 0.5) is 17.6 Å². The van der Waals surface area contributed by atoms with Crippen LogP contribution in [0.25, 0.3) is 0 Å². The van der Waals surface area contributed by atoms with Gasteiger partial charge in [0.15, 0.2) is 0 Å². The lowest BCUT2D eigenvalue weighted by molar-refractivity contribution is -0.192. The number of fused-ring (bicyclic) bond motifs is 1. The standard InChI is InChI=1S/C17H21FN2O3.C2HF3O2/c18-9-12(10-19)11-23-14-1-2-15-13(7-14)8-17(20-16(15)21)3-5-22-6-4-17;3-2(4,5)1(6)7/h1-2,7,9H,3-6,8,10-11,19H2,(H,20,21);(H,6,7)/b12-9+;. The molecule has 0 aromatic heterocycles. The summed E-state index contributed by atoms with van der Waals surface area (Å²) >= 11 is 0. The van der Waals surface area contributed by atoms with Crippen molar-refractivity contribution in [1.82, 2.24) is 5.32 Å². The van der Waals surface area contributed by atoms with Gasteiger partial charge in [0.2, 0.25) is 0 Å². The predicted molar refractivity (Wildman–Crippen MR) is 97.8 cm³/mol. The number of carbonyl (C=O) groups is 2. The van der Waals surface area contributed by atoms with Crippen LogP contribution >= 0.6 is 0 Å². The fourth-order valence-electron chi connectivity index (χ4n) is 3.12. The van der Waals surface area contributed by atoms with E-state index in [-0.39, 0.29) is 24.6 Å². The van der Waals surface area contributed by atoms with Gasteiger partial charge >= 0.3 is 12.1 Å². The number of nitrogens with one attached hydrogen (secondary N) is 1. The van der Waals surface area contributed by atoms with Crippen LogP contribution in [0.1, 0.15) is 28.8 Å². The minimum absolute atomic E-state index is 0.0500. The summed E-state index contributed by atoms with van der Waals surface area (Å²) in [6.07, 6.45) is -2.23. The third kappa shape index (κ3) is 6.17. The Kier molecular flexibility index (Phi) is 7.79. The third-order valence-electron chi connectivity index (χ3n) is 4.76. The van der Waals surface area contributed by atoms with Gasteiger partial charge in [-0.25, -0.2) is 9.18 Å². The maximum absolute atomic E-state index is 12.5. The quantitative estimate of drug-likeness (QED) is 0.628. The number of halogens is 4. The maximum atomic E-state index is 12.5. The van der Waals surface area contributed by atoms with Gasteiger partial charge in [-0.15, -0.1) is 0 Å². The molecule has 1 aromatic rings. The number of nitrogens with two attached hydrogens (primary N) is 1. The highest BCUT2D eigenvalue weighted by Gasteiger charge is 2.39. The number of benzene rings is 1. The molecule has 1 saturated heterocycles. The van der Waals surface area contributed by atoms with E-state index >= 15 is 0 Å². The number of aliphatic carboxylic acids is 1. The Balaban J connectivity index is 0.000000396. The van der Waals surface area contributed by atoms with Crippen molar-refractivity contribution in [3.8, 4) is 5.75 Å². The summed E-state index contributed by atoms with van der Waals surface area (Å²) in [7, 11) is 0. The first-order valence-corrected chi connectivity index (χ1v) is 9.04. The van der Waals surface area contributed by atoms with E-state index in [0.717, 1.165) is 24.8 Å². The second-order valence-corrected chi connectivity index (χ2v) is 6.91. The molecule has 2 heterocycles. The normalized spacial score (nSPS) is 18.0. The van der Waals surface area contributed by atoms with E-state index in [9.17, 15) is 22.4 Å². The molecular weight excluding hydrogens is 412 g/mol.